The van der Waals surface area contributed by atoms with E-state index in [1.807, 2.05) is 0 Å². The van der Waals surface area contributed by atoms with Gasteiger partial charge in [-0.15, -0.1) is 0 Å². The molecule has 0 aliphatic carbocycles. The highest BCUT2D eigenvalue weighted by molar-refractivity contribution is 7.92. The molecular weight excluding hydrogens is 443 g/mol. The van der Waals surface area contributed by atoms with Gasteiger partial charge < -0.3 is 4.90 Å². The molecule has 172 valence electrons. The zero-order valence-corrected chi connectivity index (χ0v) is 18.5. The minimum absolute atomic E-state index is 0.101. The number of benzene rings is 2. The highest BCUT2D eigenvalue weighted by Crippen LogP contribution is 2.39. The van der Waals surface area contributed by atoms with Crippen molar-refractivity contribution in [1.29, 1.82) is 0 Å². The third-order valence-corrected chi connectivity index (χ3v) is 8.69. The molecule has 32 heavy (non-hydrogen) atoms. The molecule has 0 radical (unpaired) electrons. The number of piperidine rings is 1. The molecule has 0 spiro atoms. The van der Waals surface area contributed by atoms with E-state index in [1.165, 1.54) is 18.7 Å². The number of alkyl halides is 3. The zero-order chi connectivity index (χ0) is 23.7. The Morgan fingerprint density at radius 2 is 1.72 bits per heavy atom. The number of carbonyl (C=O) groups is 2. The Kier molecular flexibility index (Phi) is 6.51. The number of Topliss-reactive ketones (excluding diaryl/α,β-unsaturated/α-hetero) is 1. The van der Waals surface area contributed by atoms with Gasteiger partial charge in [-0.3, -0.25) is 9.59 Å². The van der Waals surface area contributed by atoms with E-state index in [-0.39, 0.29) is 31.2 Å². The van der Waals surface area contributed by atoms with E-state index in [2.05, 4.69) is 0 Å². The Morgan fingerprint density at radius 3 is 2.31 bits per heavy atom. The van der Waals surface area contributed by atoms with Gasteiger partial charge in [0.2, 0.25) is 5.91 Å². The predicted molar refractivity (Wildman–Crippen MR) is 113 cm³/mol. The van der Waals surface area contributed by atoms with Crippen LogP contribution in [0.5, 0.6) is 0 Å². The lowest BCUT2D eigenvalue weighted by Gasteiger charge is -2.39. The largest absolute Gasteiger partial charge is 0.416 e. The minimum Gasteiger partial charge on any atom is -0.335 e. The van der Waals surface area contributed by atoms with Crippen LogP contribution in [0.15, 0.2) is 59.5 Å². The van der Waals surface area contributed by atoms with E-state index in [0.29, 0.717) is 18.1 Å². The van der Waals surface area contributed by atoms with Crippen LogP contribution >= 0.6 is 0 Å². The molecule has 9 heteroatoms. The summed E-state index contributed by atoms with van der Waals surface area (Å²) in [7, 11) is -4.17. The van der Waals surface area contributed by atoms with Crippen LogP contribution in [0.25, 0.3) is 0 Å². The summed E-state index contributed by atoms with van der Waals surface area (Å²) in [6.07, 6.45) is -4.45. The van der Waals surface area contributed by atoms with Crippen LogP contribution in [-0.2, 0) is 20.8 Å². The van der Waals surface area contributed by atoms with E-state index in [0.717, 1.165) is 18.2 Å². The molecule has 0 saturated carbocycles. The number of hydrogen-bond acceptors (Lipinski definition) is 4. The van der Waals surface area contributed by atoms with E-state index < -0.39 is 37.1 Å². The van der Waals surface area contributed by atoms with Crippen molar-refractivity contribution in [2.45, 2.75) is 42.5 Å². The normalized spacial score (nSPS) is 18.0. The van der Waals surface area contributed by atoms with Gasteiger partial charge in [0, 0.05) is 18.5 Å². The summed E-state index contributed by atoms with van der Waals surface area (Å²) in [5, 5.41) is 0. The number of likely N-dealkylation sites (tertiary alicyclic amines) is 1. The molecular formula is C23H24F3NO4S. The maximum atomic E-state index is 13.2. The molecule has 1 saturated heterocycles. The number of rotatable bonds is 6. The first kappa shape index (κ1) is 24.0. The number of halogens is 3. The topological polar surface area (TPSA) is 71.5 Å². The first-order chi connectivity index (χ1) is 14.8. The van der Waals surface area contributed by atoms with E-state index in [4.69, 9.17) is 0 Å². The molecule has 0 bridgehead atoms. The van der Waals surface area contributed by atoms with Crippen molar-refractivity contribution >= 4 is 21.5 Å². The van der Waals surface area contributed by atoms with Crippen LogP contribution in [0.1, 0.15) is 42.6 Å². The molecule has 1 heterocycles. The fourth-order valence-corrected chi connectivity index (χ4v) is 5.68. The summed E-state index contributed by atoms with van der Waals surface area (Å²) in [5.41, 5.74) is -0.561. The monoisotopic (exact) mass is 467 g/mol. The van der Waals surface area contributed by atoms with Crippen molar-refractivity contribution in [1.82, 2.24) is 4.90 Å². The van der Waals surface area contributed by atoms with Crippen molar-refractivity contribution in [2.75, 3.05) is 13.1 Å². The summed E-state index contributed by atoms with van der Waals surface area (Å²) in [6, 6.07) is 12.2. The van der Waals surface area contributed by atoms with Crippen LogP contribution < -0.4 is 0 Å². The minimum atomic E-state index is -4.66. The lowest BCUT2D eigenvalue weighted by atomic mass is 9.85. The Morgan fingerprint density at radius 1 is 1.06 bits per heavy atom. The van der Waals surface area contributed by atoms with Gasteiger partial charge in [-0.1, -0.05) is 36.4 Å². The Bertz CT molecular complexity index is 1110. The summed E-state index contributed by atoms with van der Waals surface area (Å²) >= 11 is 0. The third-order valence-electron chi connectivity index (χ3n) is 6.10. The smallest absolute Gasteiger partial charge is 0.335 e. The number of nitrogens with zero attached hydrogens (tertiary/aromatic N) is 1. The molecule has 1 amide bonds. The number of amides is 1. The van der Waals surface area contributed by atoms with Gasteiger partial charge >= 0.3 is 6.18 Å². The fraction of sp³-hybridized carbons (Fsp3) is 0.391. The molecule has 0 aromatic heterocycles. The second-order valence-electron chi connectivity index (χ2n) is 8.43. The molecule has 2 aromatic carbocycles. The number of hydrogen-bond donors (Lipinski definition) is 0. The van der Waals surface area contributed by atoms with Gasteiger partial charge in [-0.05, 0) is 44.4 Å². The number of ketones is 1. The van der Waals surface area contributed by atoms with Crippen molar-refractivity contribution in [3.63, 3.8) is 0 Å². The molecule has 1 aliphatic rings. The van der Waals surface area contributed by atoms with Crippen molar-refractivity contribution in [2.24, 2.45) is 5.92 Å². The summed E-state index contributed by atoms with van der Waals surface area (Å²) in [5.74, 6) is -1.16. The van der Waals surface area contributed by atoms with E-state index in [9.17, 15) is 31.2 Å². The zero-order valence-electron chi connectivity index (χ0n) is 17.7. The quantitative estimate of drug-likeness (QED) is 0.591. The highest BCUT2D eigenvalue weighted by Gasteiger charge is 2.46. The first-order valence-electron chi connectivity index (χ1n) is 10.1. The lowest BCUT2D eigenvalue weighted by Crippen LogP contribution is -2.49. The van der Waals surface area contributed by atoms with Gasteiger partial charge in [0.05, 0.1) is 21.8 Å². The maximum absolute atomic E-state index is 13.2. The van der Waals surface area contributed by atoms with Crippen molar-refractivity contribution in [3.8, 4) is 0 Å². The molecule has 1 atom stereocenters. The average Bonchev–Trinajstić information content (AvgIpc) is 2.75. The van der Waals surface area contributed by atoms with E-state index in [1.54, 1.807) is 30.3 Å². The standard InChI is InChI=1S/C23H24F3NO4S/c1-22(2,32(30,31)19-10-6-9-18(13-19)23(24,25)26)17-11-12-27(21(29)14-17)15-20(28)16-7-4-3-5-8-16/h3-10,13,17H,11-12,14-15H2,1-2H3. The van der Waals surface area contributed by atoms with Gasteiger partial charge in [-0.25, -0.2) is 8.42 Å². The van der Waals surface area contributed by atoms with E-state index >= 15 is 0 Å². The lowest BCUT2D eigenvalue weighted by molar-refractivity contribution is -0.137. The van der Waals surface area contributed by atoms with Crippen LogP contribution in [0, 0.1) is 5.92 Å². The predicted octanol–water partition coefficient (Wildman–Crippen LogP) is 4.38. The second kappa shape index (κ2) is 8.69. The van der Waals surface area contributed by atoms with Crippen LogP contribution in [-0.4, -0.2) is 42.8 Å². The molecule has 1 fully saturated rings. The molecule has 2 aromatic rings. The Hall–Kier alpha value is -2.68. The highest BCUT2D eigenvalue weighted by atomic mass is 32.2. The molecule has 3 rings (SSSR count). The first-order valence-corrected chi connectivity index (χ1v) is 11.6. The van der Waals surface area contributed by atoms with Gasteiger partial charge in [-0.2, -0.15) is 13.2 Å². The van der Waals surface area contributed by atoms with Gasteiger partial charge in [0.25, 0.3) is 0 Å². The summed E-state index contributed by atoms with van der Waals surface area (Å²) in [4.78, 5) is 26.1. The second-order valence-corrected chi connectivity index (χ2v) is 11.0. The van der Waals surface area contributed by atoms with Crippen LogP contribution in [0.4, 0.5) is 13.2 Å². The third kappa shape index (κ3) is 4.72. The van der Waals surface area contributed by atoms with Crippen LogP contribution in [0.2, 0.25) is 0 Å². The number of sulfone groups is 1. The maximum Gasteiger partial charge on any atom is 0.416 e. The SMILES string of the molecule is CC(C)(C1CCN(CC(=O)c2ccccc2)C(=O)C1)S(=O)(=O)c1cccc(C(F)(F)F)c1. The van der Waals surface area contributed by atoms with Crippen molar-refractivity contribution in [3.05, 3.63) is 65.7 Å². The van der Waals surface area contributed by atoms with Crippen LogP contribution in [0.3, 0.4) is 0 Å². The average molecular weight is 468 g/mol. The van der Waals surface area contributed by atoms with Gasteiger partial charge in [0.15, 0.2) is 15.6 Å². The summed E-state index contributed by atoms with van der Waals surface area (Å²) < 4.78 is 64.2. The molecule has 1 unspecified atom stereocenters. The Labute approximate surface area is 185 Å². The molecule has 1 aliphatic heterocycles. The molecule has 5 nitrogen and oxygen atoms in total. The van der Waals surface area contributed by atoms with Crippen molar-refractivity contribution < 1.29 is 31.2 Å². The molecule has 0 N–H and O–H groups in total. The Balaban J connectivity index is 1.76. The summed E-state index contributed by atoms with van der Waals surface area (Å²) in [6.45, 7) is 2.97. The number of carbonyl (C=O) groups excluding carboxylic acids is 2. The fourth-order valence-electron chi connectivity index (χ4n) is 3.89. The van der Waals surface area contributed by atoms with Gasteiger partial charge in [0.1, 0.15) is 0 Å².